The molecule has 1 aromatic carbocycles. The summed E-state index contributed by atoms with van der Waals surface area (Å²) in [5.41, 5.74) is 1.21. The summed E-state index contributed by atoms with van der Waals surface area (Å²) in [6, 6.07) is 7.44. The third-order valence-corrected chi connectivity index (χ3v) is 3.55. The smallest absolute Gasteiger partial charge is 0.407 e. The van der Waals surface area contributed by atoms with Crippen molar-refractivity contribution in [3.05, 3.63) is 29.8 Å². The summed E-state index contributed by atoms with van der Waals surface area (Å²) in [6.07, 6.45) is -0.0691. The van der Waals surface area contributed by atoms with Crippen LogP contribution in [0.2, 0.25) is 0 Å². The van der Waals surface area contributed by atoms with Crippen LogP contribution in [0.4, 0.5) is 10.5 Å². The minimum atomic E-state index is -0.521. The normalized spacial score (nSPS) is 18.2. The number of anilines is 1. The van der Waals surface area contributed by atoms with Crippen LogP contribution in [0, 0.1) is 5.92 Å². The van der Waals surface area contributed by atoms with Crippen molar-refractivity contribution in [2.45, 2.75) is 39.3 Å². The Morgan fingerprint density at radius 3 is 2.52 bits per heavy atom. The molecule has 0 saturated carbocycles. The Labute approximate surface area is 136 Å². The highest BCUT2D eigenvalue weighted by Crippen LogP contribution is 2.25. The first-order valence-corrected chi connectivity index (χ1v) is 7.75. The van der Waals surface area contributed by atoms with Crippen LogP contribution in [-0.2, 0) is 16.1 Å². The van der Waals surface area contributed by atoms with E-state index in [0.717, 1.165) is 11.3 Å². The Kier molecular flexibility index (Phi) is 5.26. The fraction of sp³-hybridized carbons (Fsp3) is 0.529. The van der Waals surface area contributed by atoms with E-state index in [1.54, 1.807) is 4.90 Å². The quantitative estimate of drug-likeness (QED) is 0.890. The molecule has 1 aromatic rings. The molecule has 2 N–H and O–H groups in total. The number of hydrogen-bond acceptors (Lipinski definition) is 4. The fourth-order valence-electron chi connectivity index (χ4n) is 2.44. The van der Waals surface area contributed by atoms with E-state index in [4.69, 9.17) is 9.84 Å². The van der Waals surface area contributed by atoms with Crippen LogP contribution in [-0.4, -0.2) is 35.9 Å². The fourth-order valence-corrected chi connectivity index (χ4v) is 2.44. The summed E-state index contributed by atoms with van der Waals surface area (Å²) < 4.78 is 5.18. The highest BCUT2D eigenvalue weighted by Gasteiger charge is 2.29. The summed E-state index contributed by atoms with van der Waals surface area (Å²) >= 11 is 0. The van der Waals surface area contributed by atoms with Crippen molar-refractivity contribution in [1.82, 2.24) is 5.32 Å². The van der Waals surface area contributed by atoms with Gasteiger partial charge >= 0.3 is 6.09 Å². The molecule has 6 heteroatoms. The van der Waals surface area contributed by atoms with Crippen molar-refractivity contribution >= 4 is 17.7 Å². The lowest BCUT2D eigenvalue weighted by molar-refractivity contribution is -0.117. The molecule has 0 spiro atoms. The number of ether oxygens (including phenoxy) is 1. The Morgan fingerprint density at radius 2 is 2.00 bits per heavy atom. The largest absolute Gasteiger partial charge is 0.444 e. The molecule has 1 aliphatic heterocycles. The predicted molar refractivity (Wildman–Crippen MR) is 87.1 cm³/mol. The Hall–Kier alpha value is -2.08. The maximum atomic E-state index is 11.9. The second-order valence-corrected chi connectivity index (χ2v) is 6.78. The zero-order valence-electron chi connectivity index (χ0n) is 13.8. The molecule has 1 unspecified atom stereocenters. The molecular weight excluding hydrogens is 296 g/mol. The highest BCUT2D eigenvalue weighted by atomic mass is 16.6. The number of alkyl carbamates (subject to hydrolysis) is 1. The second kappa shape index (κ2) is 7.00. The van der Waals surface area contributed by atoms with Gasteiger partial charge in [0.25, 0.3) is 0 Å². The molecule has 1 fully saturated rings. The maximum Gasteiger partial charge on any atom is 0.407 e. The van der Waals surface area contributed by atoms with Crippen LogP contribution in [0.5, 0.6) is 0 Å². The van der Waals surface area contributed by atoms with E-state index in [1.165, 1.54) is 0 Å². The third-order valence-electron chi connectivity index (χ3n) is 3.55. The van der Waals surface area contributed by atoms with Gasteiger partial charge < -0.3 is 20.1 Å². The van der Waals surface area contributed by atoms with Gasteiger partial charge in [-0.25, -0.2) is 4.79 Å². The third kappa shape index (κ3) is 4.96. The Bertz CT molecular complexity index is 563. The van der Waals surface area contributed by atoms with Crippen LogP contribution in [0.15, 0.2) is 24.3 Å². The molecule has 1 atom stereocenters. The maximum absolute atomic E-state index is 11.9. The molecule has 2 amide bonds. The summed E-state index contributed by atoms with van der Waals surface area (Å²) in [5, 5.41) is 11.9. The van der Waals surface area contributed by atoms with Crippen molar-refractivity contribution < 1.29 is 19.4 Å². The predicted octanol–water partition coefficient (Wildman–Crippen LogP) is 2.06. The van der Waals surface area contributed by atoms with Crippen LogP contribution in [0.3, 0.4) is 0 Å². The van der Waals surface area contributed by atoms with Gasteiger partial charge in [-0.05, 0) is 38.5 Å². The molecule has 2 rings (SSSR count). The van der Waals surface area contributed by atoms with Crippen molar-refractivity contribution in [3.63, 3.8) is 0 Å². The van der Waals surface area contributed by atoms with E-state index in [9.17, 15) is 9.59 Å². The first-order valence-electron chi connectivity index (χ1n) is 7.75. The first kappa shape index (κ1) is 17.3. The lowest BCUT2D eigenvalue weighted by Gasteiger charge is -2.20. The number of nitrogens with one attached hydrogen (secondary N) is 1. The Morgan fingerprint density at radius 1 is 1.35 bits per heavy atom. The number of hydrogen-bond donors (Lipinski definition) is 2. The topological polar surface area (TPSA) is 78.9 Å². The van der Waals surface area contributed by atoms with Crippen LogP contribution < -0.4 is 10.2 Å². The second-order valence-electron chi connectivity index (χ2n) is 6.78. The molecule has 23 heavy (non-hydrogen) atoms. The summed E-state index contributed by atoms with van der Waals surface area (Å²) in [5.74, 6) is 0.0414. The molecule has 1 saturated heterocycles. The lowest BCUT2D eigenvalue weighted by atomic mass is 10.1. The molecule has 0 aromatic heterocycles. The van der Waals surface area contributed by atoms with Crippen molar-refractivity contribution in [2.75, 3.05) is 18.1 Å². The number of carbonyl (C=O) groups excluding carboxylic acids is 2. The van der Waals surface area contributed by atoms with Gasteiger partial charge in [0.2, 0.25) is 5.91 Å². The van der Waals surface area contributed by atoms with E-state index in [0.29, 0.717) is 19.5 Å². The van der Waals surface area contributed by atoms with Gasteiger partial charge in [0.05, 0.1) is 0 Å². The van der Waals surface area contributed by atoms with Gasteiger partial charge in [-0.3, -0.25) is 4.79 Å². The molecular formula is C17H24N2O4. The zero-order chi connectivity index (χ0) is 17.0. The van der Waals surface area contributed by atoms with E-state index in [-0.39, 0.29) is 18.4 Å². The lowest BCUT2D eigenvalue weighted by Crippen LogP contribution is -2.32. The monoisotopic (exact) mass is 320 g/mol. The van der Waals surface area contributed by atoms with Gasteiger partial charge in [-0.1, -0.05) is 12.1 Å². The van der Waals surface area contributed by atoms with E-state index >= 15 is 0 Å². The average molecular weight is 320 g/mol. The summed E-state index contributed by atoms with van der Waals surface area (Å²) in [4.78, 5) is 25.2. The van der Waals surface area contributed by atoms with E-state index < -0.39 is 11.7 Å². The van der Waals surface area contributed by atoms with Gasteiger partial charge in [0.15, 0.2) is 0 Å². The molecule has 6 nitrogen and oxygen atoms in total. The summed E-state index contributed by atoms with van der Waals surface area (Å²) in [7, 11) is 0. The van der Waals surface area contributed by atoms with Crippen LogP contribution in [0.1, 0.15) is 32.8 Å². The van der Waals surface area contributed by atoms with Gasteiger partial charge in [0.1, 0.15) is 5.60 Å². The highest BCUT2D eigenvalue weighted by molar-refractivity contribution is 5.95. The minimum Gasteiger partial charge on any atom is -0.444 e. The van der Waals surface area contributed by atoms with Gasteiger partial charge in [-0.2, -0.15) is 0 Å². The van der Waals surface area contributed by atoms with Gasteiger partial charge in [-0.15, -0.1) is 0 Å². The van der Waals surface area contributed by atoms with E-state index in [1.807, 2.05) is 45.0 Å². The zero-order valence-corrected chi connectivity index (χ0v) is 13.8. The molecule has 0 radical (unpaired) electrons. The van der Waals surface area contributed by atoms with Crippen LogP contribution in [0.25, 0.3) is 0 Å². The number of carbonyl (C=O) groups is 2. The molecule has 0 aliphatic carbocycles. The standard InChI is InChI=1S/C17H24N2O4/c1-17(2,3)23-16(22)18-9-12-4-6-14(7-5-12)19-10-13(11-20)8-15(19)21/h4-7,13,20H,8-11H2,1-3H3,(H,18,22). The molecule has 1 heterocycles. The average Bonchev–Trinajstić information content (AvgIpc) is 2.85. The van der Waals surface area contributed by atoms with Crippen molar-refractivity contribution in [1.29, 1.82) is 0 Å². The van der Waals surface area contributed by atoms with Gasteiger partial charge in [0, 0.05) is 37.7 Å². The number of aliphatic hydroxyl groups is 1. The SMILES string of the molecule is CC(C)(C)OC(=O)NCc1ccc(N2CC(CO)CC2=O)cc1. The van der Waals surface area contributed by atoms with Crippen molar-refractivity contribution in [2.24, 2.45) is 5.92 Å². The molecule has 126 valence electrons. The van der Waals surface area contributed by atoms with E-state index in [2.05, 4.69) is 5.32 Å². The number of nitrogens with zero attached hydrogens (tertiary/aromatic N) is 1. The summed E-state index contributed by atoms with van der Waals surface area (Å²) in [6.45, 7) is 6.38. The first-order chi connectivity index (χ1) is 10.8. The van der Waals surface area contributed by atoms with Crippen LogP contribution >= 0.6 is 0 Å². The number of benzene rings is 1. The molecule has 0 bridgehead atoms. The number of rotatable bonds is 4. The minimum absolute atomic E-state index is 0.0102. The number of aliphatic hydroxyl groups excluding tert-OH is 1. The Balaban J connectivity index is 1.90. The van der Waals surface area contributed by atoms with Crippen molar-refractivity contribution in [3.8, 4) is 0 Å². The molecule has 1 aliphatic rings. The number of amides is 2.